The Morgan fingerprint density at radius 1 is 1.25 bits per heavy atom. The van der Waals surface area contributed by atoms with E-state index < -0.39 is 10.0 Å². The van der Waals surface area contributed by atoms with Gasteiger partial charge in [0.1, 0.15) is 0 Å². The molecule has 0 bridgehead atoms. The maximum atomic E-state index is 11.5. The van der Waals surface area contributed by atoms with Gasteiger partial charge in [-0.1, -0.05) is 44.2 Å². The van der Waals surface area contributed by atoms with E-state index in [1.165, 1.54) is 0 Å². The third-order valence-electron chi connectivity index (χ3n) is 2.45. The van der Waals surface area contributed by atoms with Crippen LogP contribution in [0.4, 0.5) is 0 Å². The van der Waals surface area contributed by atoms with E-state index in [0.29, 0.717) is 13.0 Å². The van der Waals surface area contributed by atoms with Crippen LogP contribution < -0.4 is 4.72 Å². The maximum absolute atomic E-state index is 11.5. The number of rotatable bonds is 6. The largest absolute Gasteiger partial charge is 0.215 e. The van der Waals surface area contributed by atoms with Crippen LogP contribution >= 0.6 is 0 Å². The summed E-state index contributed by atoms with van der Waals surface area (Å²) in [6, 6.07) is 9.91. The lowest BCUT2D eigenvalue weighted by Gasteiger charge is -2.12. The Morgan fingerprint density at radius 2 is 1.88 bits per heavy atom. The van der Waals surface area contributed by atoms with Crippen LogP contribution in [0.15, 0.2) is 30.3 Å². The Bertz CT molecular complexity index is 400. The Balaban J connectivity index is 2.51. The van der Waals surface area contributed by atoms with Gasteiger partial charge in [-0.05, 0) is 17.9 Å². The van der Waals surface area contributed by atoms with Crippen molar-refractivity contribution in [1.29, 1.82) is 0 Å². The van der Waals surface area contributed by atoms with Gasteiger partial charge in [-0.3, -0.25) is 0 Å². The molecule has 1 unspecified atom stereocenters. The number of sulfonamides is 1. The van der Waals surface area contributed by atoms with E-state index in [0.717, 1.165) is 5.56 Å². The summed E-state index contributed by atoms with van der Waals surface area (Å²) in [6.45, 7) is 4.34. The molecule has 16 heavy (non-hydrogen) atoms. The third kappa shape index (κ3) is 4.33. The lowest BCUT2D eigenvalue weighted by Crippen LogP contribution is -2.29. The second-order valence-electron chi connectivity index (χ2n) is 3.98. The minimum Gasteiger partial charge on any atom is -0.215 e. The molecule has 1 rings (SSSR count). The molecule has 1 aromatic rings. The van der Waals surface area contributed by atoms with Crippen LogP contribution in [0.1, 0.15) is 31.7 Å². The standard InChI is InChI=1S/C12H19NO2S/c1-3-9-16(14,15)13-10-11(2)12-7-5-4-6-8-12/h4-8,11,13H,3,9-10H2,1-2H3. The predicted molar refractivity (Wildman–Crippen MR) is 66.9 cm³/mol. The molecule has 0 saturated heterocycles. The highest BCUT2D eigenvalue weighted by atomic mass is 32.2. The first-order chi connectivity index (χ1) is 7.55. The lowest BCUT2D eigenvalue weighted by atomic mass is 10.0. The van der Waals surface area contributed by atoms with Crippen molar-refractivity contribution in [2.75, 3.05) is 12.3 Å². The summed E-state index contributed by atoms with van der Waals surface area (Å²) in [5.74, 6) is 0.405. The van der Waals surface area contributed by atoms with Gasteiger partial charge in [0.2, 0.25) is 10.0 Å². The van der Waals surface area contributed by atoms with Crippen molar-refractivity contribution in [2.24, 2.45) is 0 Å². The Labute approximate surface area is 97.9 Å². The van der Waals surface area contributed by atoms with Gasteiger partial charge in [0.15, 0.2) is 0 Å². The minimum atomic E-state index is -3.08. The van der Waals surface area contributed by atoms with E-state index in [9.17, 15) is 8.42 Å². The normalized spacial score (nSPS) is 13.6. The van der Waals surface area contributed by atoms with Crippen LogP contribution in [0.2, 0.25) is 0 Å². The van der Waals surface area contributed by atoms with Crippen molar-refractivity contribution < 1.29 is 8.42 Å². The summed E-state index contributed by atoms with van der Waals surface area (Å²) in [6.07, 6.45) is 0.648. The van der Waals surface area contributed by atoms with Crippen LogP contribution in [0.5, 0.6) is 0 Å². The molecule has 1 aromatic carbocycles. The molecule has 0 amide bonds. The number of hydrogen-bond acceptors (Lipinski definition) is 2. The van der Waals surface area contributed by atoms with Crippen LogP contribution in [-0.2, 0) is 10.0 Å². The first kappa shape index (κ1) is 13.2. The molecule has 4 heteroatoms. The fourth-order valence-electron chi connectivity index (χ4n) is 1.49. The molecule has 0 aliphatic rings. The van der Waals surface area contributed by atoms with E-state index in [1.54, 1.807) is 0 Å². The van der Waals surface area contributed by atoms with Crippen molar-refractivity contribution >= 4 is 10.0 Å². The first-order valence-electron chi connectivity index (χ1n) is 5.57. The van der Waals surface area contributed by atoms with Crippen molar-refractivity contribution in [3.63, 3.8) is 0 Å². The molecule has 1 N–H and O–H groups in total. The Kier molecular flexibility index (Phi) is 4.96. The van der Waals surface area contributed by atoms with E-state index in [-0.39, 0.29) is 11.7 Å². The molecule has 0 heterocycles. The molecular weight excluding hydrogens is 222 g/mol. The van der Waals surface area contributed by atoms with Crippen molar-refractivity contribution in [1.82, 2.24) is 4.72 Å². The molecule has 0 radical (unpaired) electrons. The zero-order chi connectivity index (χ0) is 12.0. The van der Waals surface area contributed by atoms with E-state index in [4.69, 9.17) is 0 Å². The summed E-state index contributed by atoms with van der Waals surface area (Å²) in [7, 11) is -3.08. The van der Waals surface area contributed by atoms with E-state index in [1.807, 2.05) is 44.2 Å². The zero-order valence-electron chi connectivity index (χ0n) is 9.81. The predicted octanol–water partition coefficient (Wildman–Crippen LogP) is 2.12. The second-order valence-corrected chi connectivity index (χ2v) is 5.91. The number of benzene rings is 1. The summed E-state index contributed by atoms with van der Waals surface area (Å²) >= 11 is 0. The number of nitrogens with one attached hydrogen (secondary N) is 1. The summed E-state index contributed by atoms with van der Waals surface area (Å²) in [5.41, 5.74) is 1.15. The second kappa shape index (κ2) is 6.01. The van der Waals surface area contributed by atoms with Gasteiger partial charge in [-0.25, -0.2) is 13.1 Å². The highest BCUT2D eigenvalue weighted by molar-refractivity contribution is 7.89. The van der Waals surface area contributed by atoms with Crippen molar-refractivity contribution in [2.45, 2.75) is 26.2 Å². The van der Waals surface area contributed by atoms with Crippen LogP contribution in [0.25, 0.3) is 0 Å². The van der Waals surface area contributed by atoms with Gasteiger partial charge in [0.25, 0.3) is 0 Å². The zero-order valence-corrected chi connectivity index (χ0v) is 10.6. The van der Waals surface area contributed by atoms with Gasteiger partial charge in [0.05, 0.1) is 5.75 Å². The van der Waals surface area contributed by atoms with Gasteiger partial charge in [0, 0.05) is 6.54 Å². The quantitative estimate of drug-likeness (QED) is 0.829. The fraction of sp³-hybridized carbons (Fsp3) is 0.500. The maximum Gasteiger partial charge on any atom is 0.211 e. The van der Waals surface area contributed by atoms with Crippen LogP contribution in [-0.4, -0.2) is 20.7 Å². The lowest BCUT2D eigenvalue weighted by molar-refractivity contribution is 0.573. The molecule has 0 aliphatic carbocycles. The highest BCUT2D eigenvalue weighted by Crippen LogP contribution is 2.13. The first-order valence-corrected chi connectivity index (χ1v) is 7.22. The average molecular weight is 241 g/mol. The molecule has 0 spiro atoms. The topological polar surface area (TPSA) is 46.2 Å². The average Bonchev–Trinajstić information content (AvgIpc) is 2.27. The van der Waals surface area contributed by atoms with Gasteiger partial charge in [-0.2, -0.15) is 0 Å². The Hall–Kier alpha value is -0.870. The summed E-state index contributed by atoms with van der Waals surface area (Å²) in [4.78, 5) is 0. The van der Waals surface area contributed by atoms with Gasteiger partial charge >= 0.3 is 0 Å². The fourth-order valence-corrected chi connectivity index (χ4v) is 2.68. The highest BCUT2D eigenvalue weighted by Gasteiger charge is 2.11. The minimum absolute atomic E-state index is 0.202. The van der Waals surface area contributed by atoms with E-state index in [2.05, 4.69) is 4.72 Å². The summed E-state index contributed by atoms with van der Waals surface area (Å²) in [5, 5.41) is 0. The molecular formula is C12H19NO2S. The van der Waals surface area contributed by atoms with E-state index >= 15 is 0 Å². The van der Waals surface area contributed by atoms with Crippen molar-refractivity contribution in [3.8, 4) is 0 Å². The molecule has 3 nitrogen and oxygen atoms in total. The molecule has 0 aromatic heterocycles. The van der Waals surface area contributed by atoms with Crippen molar-refractivity contribution in [3.05, 3.63) is 35.9 Å². The molecule has 0 aliphatic heterocycles. The monoisotopic (exact) mass is 241 g/mol. The smallest absolute Gasteiger partial charge is 0.211 e. The number of hydrogen-bond donors (Lipinski definition) is 1. The SMILES string of the molecule is CCCS(=O)(=O)NCC(C)c1ccccc1. The molecule has 0 fully saturated rings. The Morgan fingerprint density at radius 3 is 2.44 bits per heavy atom. The third-order valence-corrected chi connectivity index (χ3v) is 4.00. The van der Waals surface area contributed by atoms with Gasteiger partial charge < -0.3 is 0 Å². The molecule has 90 valence electrons. The van der Waals surface area contributed by atoms with Crippen LogP contribution in [0, 0.1) is 0 Å². The van der Waals surface area contributed by atoms with Gasteiger partial charge in [-0.15, -0.1) is 0 Å². The molecule has 1 atom stereocenters. The summed E-state index contributed by atoms with van der Waals surface area (Å²) < 4.78 is 25.5. The molecule has 0 saturated carbocycles. The van der Waals surface area contributed by atoms with Crippen LogP contribution in [0.3, 0.4) is 0 Å².